The third-order valence-corrected chi connectivity index (χ3v) is 6.65. The number of carbonyl (C=O) groups is 4. The van der Waals surface area contributed by atoms with Gasteiger partial charge in [0.15, 0.2) is 6.10 Å². The smallest absolute Gasteiger partial charge is 0.308 e. The second kappa shape index (κ2) is 8.55. The standard InChI is InChI=1S/C23H22N2O5S/c1-13(22(28)16-7-8-18-15(11-16)9-10-25(18)14(2)26)30-21(27)12-20-23(29)24-17-5-3-4-6-19(17)31-20/h3-8,11,13,20H,9-10,12H2,1-2H3,(H,24,29)/t13-,20-/m0/s1. The molecule has 4 rings (SSSR count). The van der Waals surface area contributed by atoms with Crippen LogP contribution in [0.1, 0.15) is 36.2 Å². The van der Waals surface area contributed by atoms with E-state index in [1.165, 1.54) is 25.6 Å². The molecule has 2 aliphatic heterocycles. The summed E-state index contributed by atoms with van der Waals surface area (Å²) in [6.45, 7) is 3.63. The average Bonchev–Trinajstić information content (AvgIpc) is 3.17. The molecule has 0 aromatic heterocycles. The van der Waals surface area contributed by atoms with E-state index in [1.807, 2.05) is 24.3 Å². The minimum absolute atomic E-state index is 0.0348. The molecule has 0 fully saturated rings. The Hall–Kier alpha value is -3.13. The van der Waals surface area contributed by atoms with Gasteiger partial charge in [0.05, 0.1) is 17.4 Å². The molecule has 0 spiro atoms. The fourth-order valence-corrected chi connectivity index (χ4v) is 4.89. The summed E-state index contributed by atoms with van der Waals surface area (Å²) in [5.74, 6) is -1.21. The van der Waals surface area contributed by atoms with Gasteiger partial charge in [0, 0.05) is 29.6 Å². The maximum Gasteiger partial charge on any atom is 0.308 e. The SMILES string of the molecule is CC(=O)N1CCc2cc(C(=O)[C@H](C)OC(=O)C[C@@H]3Sc4ccccc4NC3=O)ccc21. The molecule has 0 aliphatic carbocycles. The summed E-state index contributed by atoms with van der Waals surface area (Å²) in [6.07, 6.45) is -0.417. The predicted octanol–water partition coefficient (Wildman–Crippen LogP) is 3.21. The fraction of sp³-hybridized carbons (Fsp3) is 0.304. The Kier molecular flexibility index (Phi) is 5.82. The zero-order valence-electron chi connectivity index (χ0n) is 17.2. The summed E-state index contributed by atoms with van der Waals surface area (Å²) in [4.78, 5) is 51.7. The van der Waals surface area contributed by atoms with Crippen LogP contribution in [0.5, 0.6) is 0 Å². The van der Waals surface area contributed by atoms with Crippen LogP contribution in [-0.2, 0) is 25.5 Å². The molecule has 2 aromatic carbocycles. The summed E-state index contributed by atoms with van der Waals surface area (Å²) in [7, 11) is 0. The fourth-order valence-electron chi connectivity index (χ4n) is 3.79. The van der Waals surface area contributed by atoms with Crippen LogP contribution in [0.15, 0.2) is 47.4 Å². The zero-order chi connectivity index (χ0) is 22.1. The molecule has 2 atom stereocenters. The lowest BCUT2D eigenvalue weighted by Gasteiger charge is -2.23. The number of thioether (sulfide) groups is 1. The highest BCUT2D eigenvalue weighted by Crippen LogP contribution is 2.36. The van der Waals surface area contributed by atoms with Crippen LogP contribution in [0.2, 0.25) is 0 Å². The summed E-state index contributed by atoms with van der Waals surface area (Å²) in [5, 5.41) is 2.18. The van der Waals surface area contributed by atoms with Crippen molar-refractivity contribution in [2.24, 2.45) is 0 Å². The number of Topliss-reactive ketones (excluding diaryl/α,β-unsaturated/α-hetero) is 1. The van der Waals surface area contributed by atoms with Gasteiger partial charge in [-0.25, -0.2) is 0 Å². The largest absolute Gasteiger partial charge is 0.454 e. The number of ketones is 1. The average molecular weight is 439 g/mol. The number of hydrogen-bond donors (Lipinski definition) is 1. The Morgan fingerprint density at radius 2 is 2.00 bits per heavy atom. The van der Waals surface area contributed by atoms with Gasteiger partial charge in [0.2, 0.25) is 17.6 Å². The molecule has 31 heavy (non-hydrogen) atoms. The number of amides is 2. The first kappa shape index (κ1) is 21.1. The Bertz CT molecular complexity index is 1080. The highest BCUT2D eigenvalue weighted by molar-refractivity contribution is 8.01. The quantitative estimate of drug-likeness (QED) is 0.569. The van der Waals surface area contributed by atoms with Crippen molar-refractivity contribution in [2.75, 3.05) is 16.8 Å². The molecule has 0 saturated heterocycles. The maximum atomic E-state index is 12.8. The van der Waals surface area contributed by atoms with Crippen molar-refractivity contribution >= 4 is 46.7 Å². The van der Waals surface area contributed by atoms with Crippen molar-refractivity contribution in [1.29, 1.82) is 0 Å². The number of fused-ring (bicyclic) bond motifs is 2. The van der Waals surface area contributed by atoms with Gasteiger partial charge in [-0.3, -0.25) is 19.2 Å². The number of para-hydroxylation sites is 1. The van der Waals surface area contributed by atoms with E-state index in [0.29, 0.717) is 18.5 Å². The van der Waals surface area contributed by atoms with Gasteiger partial charge >= 0.3 is 5.97 Å². The zero-order valence-corrected chi connectivity index (χ0v) is 18.0. The van der Waals surface area contributed by atoms with Crippen LogP contribution >= 0.6 is 11.8 Å². The van der Waals surface area contributed by atoms with Crippen LogP contribution in [0.4, 0.5) is 11.4 Å². The molecule has 7 nitrogen and oxygen atoms in total. The predicted molar refractivity (Wildman–Crippen MR) is 117 cm³/mol. The Labute approximate surface area is 184 Å². The number of ether oxygens (including phenoxy) is 1. The van der Waals surface area contributed by atoms with E-state index in [4.69, 9.17) is 4.74 Å². The monoisotopic (exact) mass is 438 g/mol. The third-order valence-electron chi connectivity index (χ3n) is 5.38. The molecule has 160 valence electrons. The van der Waals surface area contributed by atoms with Crippen molar-refractivity contribution in [3.8, 4) is 0 Å². The Morgan fingerprint density at radius 3 is 2.77 bits per heavy atom. The van der Waals surface area contributed by atoms with E-state index in [9.17, 15) is 19.2 Å². The van der Waals surface area contributed by atoms with Crippen LogP contribution in [-0.4, -0.2) is 41.5 Å². The first-order valence-electron chi connectivity index (χ1n) is 10.0. The van der Waals surface area contributed by atoms with Crippen molar-refractivity contribution in [3.05, 3.63) is 53.6 Å². The van der Waals surface area contributed by atoms with Gasteiger partial charge in [-0.15, -0.1) is 11.8 Å². The minimum Gasteiger partial charge on any atom is -0.454 e. The molecule has 2 aromatic rings. The van der Waals surface area contributed by atoms with Crippen molar-refractivity contribution in [1.82, 2.24) is 0 Å². The molecular weight excluding hydrogens is 416 g/mol. The van der Waals surface area contributed by atoms with Crippen LogP contribution in [0.25, 0.3) is 0 Å². The molecule has 0 unspecified atom stereocenters. The van der Waals surface area contributed by atoms with Gasteiger partial charge in [-0.05, 0) is 49.2 Å². The lowest BCUT2D eigenvalue weighted by Crippen LogP contribution is -2.33. The van der Waals surface area contributed by atoms with Crippen LogP contribution < -0.4 is 10.2 Å². The maximum absolute atomic E-state index is 12.8. The molecule has 2 amide bonds. The first-order valence-corrected chi connectivity index (χ1v) is 10.9. The highest BCUT2D eigenvalue weighted by atomic mass is 32.2. The first-order chi connectivity index (χ1) is 14.8. The minimum atomic E-state index is -0.972. The van der Waals surface area contributed by atoms with Gasteiger partial charge < -0.3 is 15.0 Å². The summed E-state index contributed by atoms with van der Waals surface area (Å²) >= 11 is 1.31. The molecule has 2 heterocycles. The molecule has 0 saturated carbocycles. The number of esters is 1. The molecule has 8 heteroatoms. The molecule has 0 radical (unpaired) electrons. The highest BCUT2D eigenvalue weighted by Gasteiger charge is 2.31. The van der Waals surface area contributed by atoms with E-state index in [-0.39, 0.29) is 24.0 Å². The van der Waals surface area contributed by atoms with Crippen LogP contribution in [0, 0.1) is 0 Å². The van der Waals surface area contributed by atoms with Crippen molar-refractivity contribution in [2.45, 2.75) is 42.9 Å². The number of rotatable bonds is 5. The normalized spacial score (nSPS) is 17.9. The van der Waals surface area contributed by atoms with Crippen molar-refractivity contribution in [3.63, 3.8) is 0 Å². The topological polar surface area (TPSA) is 92.8 Å². The number of nitrogens with one attached hydrogen (secondary N) is 1. The van der Waals surface area contributed by atoms with E-state index in [0.717, 1.165) is 21.8 Å². The molecular formula is C23H22N2O5S. The molecule has 2 aliphatic rings. The van der Waals surface area contributed by atoms with Gasteiger partial charge in [-0.1, -0.05) is 12.1 Å². The van der Waals surface area contributed by atoms with Gasteiger partial charge in [0.25, 0.3) is 0 Å². The second-order valence-corrected chi connectivity index (χ2v) is 8.80. The number of benzene rings is 2. The number of carbonyl (C=O) groups excluding carboxylic acids is 4. The summed E-state index contributed by atoms with van der Waals surface area (Å²) in [5.41, 5.74) is 2.90. The number of anilines is 2. The van der Waals surface area contributed by atoms with E-state index < -0.39 is 17.3 Å². The third kappa shape index (κ3) is 4.34. The van der Waals surface area contributed by atoms with Gasteiger partial charge in [-0.2, -0.15) is 0 Å². The summed E-state index contributed by atoms with van der Waals surface area (Å²) < 4.78 is 5.34. The van der Waals surface area contributed by atoms with E-state index >= 15 is 0 Å². The van der Waals surface area contributed by atoms with E-state index in [1.54, 1.807) is 23.1 Å². The van der Waals surface area contributed by atoms with Crippen molar-refractivity contribution < 1.29 is 23.9 Å². The Balaban J connectivity index is 1.38. The second-order valence-electron chi connectivity index (χ2n) is 7.56. The molecule has 0 bridgehead atoms. The lowest BCUT2D eigenvalue weighted by atomic mass is 10.0. The summed E-state index contributed by atoms with van der Waals surface area (Å²) in [6, 6.07) is 12.5. The van der Waals surface area contributed by atoms with Gasteiger partial charge in [0.1, 0.15) is 0 Å². The molecule has 1 N–H and O–H groups in total. The Morgan fingerprint density at radius 1 is 1.23 bits per heavy atom. The van der Waals surface area contributed by atoms with E-state index in [2.05, 4.69) is 5.32 Å². The number of hydrogen-bond acceptors (Lipinski definition) is 6. The van der Waals surface area contributed by atoms with Crippen LogP contribution in [0.3, 0.4) is 0 Å². The lowest BCUT2D eigenvalue weighted by molar-refractivity contribution is -0.147. The number of nitrogens with zero attached hydrogens (tertiary/aromatic N) is 1.